The van der Waals surface area contributed by atoms with E-state index in [9.17, 15) is 0 Å². The Labute approximate surface area is 90.0 Å². The molecule has 0 spiro atoms. The average Bonchev–Trinajstić information content (AvgIpc) is 2.74. The van der Waals surface area contributed by atoms with Gasteiger partial charge in [-0.05, 0) is 12.1 Å². The van der Waals surface area contributed by atoms with E-state index in [2.05, 4.69) is 8.75 Å². The van der Waals surface area contributed by atoms with Crippen molar-refractivity contribution in [1.82, 2.24) is 8.75 Å². The molecule has 1 heterocycles. The highest BCUT2D eigenvalue weighted by molar-refractivity contribution is 7.00. The molecule has 2 rings (SSSR count). The summed E-state index contributed by atoms with van der Waals surface area (Å²) in [5.41, 5.74) is 2.32. The summed E-state index contributed by atoms with van der Waals surface area (Å²) >= 11 is 1.11. The first-order valence-corrected chi connectivity index (χ1v) is 4.81. The number of hydrogen-bond donors (Lipinski definition) is 0. The van der Waals surface area contributed by atoms with Crippen molar-refractivity contribution in [2.45, 2.75) is 0 Å². The molecule has 2 aromatic rings. The number of aromatic nitrogens is 2. The van der Waals surface area contributed by atoms with E-state index >= 15 is 0 Å². The molecular formula is C10H4N4S. The fourth-order valence-corrected chi connectivity index (χ4v) is 1.75. The molecule has 1 aromatic carbocycles. The molecule has 1 aromatic heterocycles. The molecule has 4 nitrogen and oxygen atoms in total. The first-order valence-electron chi connectivity index (χ1n) is 4.08. The van der Waals surface area contributed by atoms with Crippen molar-refractivity contribution >= 4 is 28.8 Å². The van der Waals surface area contributed by atoms with Gasteiger partial charge >= 0.3 is 0 Å². The van der Waals surface area contributed by atoms with Gasteiger partial charge < -0.3 is 0 Å². The highest BCUT2D eigenvalue weighted by Gasteiger charge is 2.03. The van der Waals surface area contributed by atoms with Crippen LogP contribution >= 0.6 is 11.7 Å². The maximum atomic E-state index is 8.64. The number of fused-ring (bicyclic) bond motifs is 1. The van der Waals surface area contributed by atoms with Crippen molar-refractivity contribution in [1.29, 1.82) is 10.5 Å². The number of nitrogens with zero attached hydrogens (tertiary/aromatic N) is 4. The van der Waals surface area contributed by atoms with Crippen LogP contribution in [0.15, 0.2) is 23.8 Å². The molecule has 5 heteroatoms. The molecule has 0 saturated carbocycles. The van der Waals surface area contributed by atoms with Crippen molar-refractivity contribution in [3.8, 4) is 12.1 Å². The molecular weight excluding hydrogens is 208 g/mol. The van der Waals surface area contributed by atoms with Crippen LogP contribution in [0.1, 0.15) is 5.56 Å². The first kappa shape index (κ1) is 9.32. The normalized spacial score (nSPS) is 9.20. The molecule has 70 valence electrons. The smallest absolute Gasteiger partial charge is 0.130 e. The lowest BCUT2D eigenvalue weighted by atomic mass is 10.1. The van der Waals surface area contributed by atoms with Crippen LogP contribution in [-0.4, -0.2) is 8.75 Å². The minimum absolute atomic E-state index is 0.0653. The second-order valence-electron chi connectivity index (χ2n) is 2.76. The van der Waals surface area contributed by atoms with Gasteiger partial charge in [-0.1, -0.05) is 12.1 Å². The molecule has 0 aliphatic rings. The zero-order valence-electron chi connectivity index (χ0n) is 7.51. The number of allylic oxidation sites excluding steroid dienone is 1. The van der Waals surface area contributed by atoms with Crippen molar-refractivity contribution in [2.75, 3.05) is 0 Å². The average molecular weight is 212 g/mol. The Bertz CT molecular complexity index is 596. The fourth-order valence-electron chi connectivity index (χ4n) is 1.19. The summed E-state index contributed by atoms with van der Waals surface area (Å²) in [6.45, 7) is 0. The summed E-state index contributed by atoms with van der Waals surface area (Å²) in [5.74, 6) is 0. The van der Waals surface area contributed by atoms with E-state index in [0.717, 1.165) is 28.3 Å². The van der Waals surface area contributed by atoms with Crippen LogP contribution in [0, 0.1) is 22.7 Å². The molecule has 0 bridgehead atoms. The molecule has 0 unspecified atom stereocenters. The molecule has 0 atom stereocenters. The Balaban J connectivity index is 2.64. The minimum atomic E-state index is 0.0653. The number of hydrogen-bond acceptors (Lipinski definition) is 5. The Morgan fingerprint density at radius 3 is 2.80 bits per heavy atom. The third-order valence-corrected chi connectivity index (χ3v) is 2.40. The maximum Gasteiger partial charge on any atom is 0.130 e. The monoisotopic (exact) mass is 212 g/mol. The molecule has 0 fully saturated rings. The zero-order chi connectivity index (χ0) is 10.7. The molecule has 0 saturated heterocycles. The second kappa shape index (κ2) is 3.87. The van der Waals surface area contributed by atoms with Gasteiger partial charge in [0.25, 0.3) is 0 Å². The summed E-state index contributed by atoms with van der Waals surface area (Å²) in [4.78, 5) is 0. The maximum absolute atomic E-state index is 8.64. The van der Waals surface area contributed by atoms with Crippen LogP contribution in [-0.2, 0) is 0 Å². The van der Waals surface area contributed by atoms with Crippen molar-refractivity contribution in [2.24, 2.45) is 0 Å². The Kier molecular flexibility index (Phi) is 2.40. The summed E-state index contributed by atoms with van der Waals surface area (Å²) in [6.07, 6.45) is 1.52. The van der Waals surface area contributed by atoms with Crippen LogP contribution < -0.4 is 0 Å². The molecule has 15 heavy (non-hydrogen) atoms. The molecule has 0 N–H and O–H groups in total. The third kappa shape index (κ3) is 1.69. The molecule has 0 radical (unpaired) electrons. The van der Waals surface area contributed by atoms with Crippen molar-refractivity contribution < 1.29 is 0 Å². The fraction of sp³-hybridized carbons (Fsp3) is 0. The molecule has 0 amide bonds. The van der Waals surface area contributed by atoms with Gasteiger partial charge in [0.1, 0.15) is 28.7 Å². The predicted molar refractivity (Wildman–Crippen MR) is 56.6 cm³/mol. The lowest BCUT2D eigenvalue weighted by molar-refractivity contribution is 1.47. The summed E-state index contributed by atoms with van der Waals surface area (Å²) in [6, 6.07) is 9.09. The summed E-state index contributed by atoms with van der Waals surface area (Å²) in [5, 5.41) is 17.3. The van der Waals surface area contributed by atoms with E-state index in [1.807, 2.05) is 24.3 Å². The quantitative estimate of drug-likeness (QED) is 0.678. The van der Waals surface area contributed by atoms with Crippen LogP contribution in [0.25, 0.3) is 17.1 Å². The van der Waals surface area contributed by atoms with Gasteiger partial charge in [-0.3, -0.25) is 0 Å². The van der Waals surface area contributed by atoms with E-state index in [-0.39, 0.29) is 5.57 Å². The highest BCUT2D eigenvalue weighted by atomic mass is 32.1. The highest BCUT2D eigenvalue weighted by Crippen LogP contribution is 2.18. The Morgan fingerprint density at radius 2 is 2.07 bits per heavy atom. The van der Waals surface area contributed by atoms with Gasteiger partial charge in [0.05, 0.1) is 11.7 Å². The summed E-state index contributed by atoms with van der Waals surface area (Å²) in [7, 11) is 0. The van der Waals surface area contributed by atoms with Gasteiger partial charge in [0, 0.05) is 5.56 Å². The lowest BCUT2D eigenvalue weighted by Crippen LogP contribution is -1.79. The zero-order valence-corrected chi connectivity index (χ0v) is 8.32. The van der Waals surface area contributed by atoms with E-state index < -0.39 is 0 Å². The SMILES string of the molecule is N#CC(C#N)=Cc1cccc2nsnc12. The Hall–Kier alpha value is -2.24. The van der Waals surface area contributed by atoms with E-state index in [4.69, 9.17) is 10.5 Å². The minimum Gasteiger partial charge on any atom is -0.192 e. The van der Waals surface area contributed by atoms with Gasteiger partial charge in [-0.15, -0.1) is 0 Å². The summed E-state index contributed by atoms with van der Waals surface area (Å²) < 4.78 is 8.18. The van der Waals surface area contributed by atoms with E-state index in [1.54, 1.807) is 6.07 Å². The van der Waals surface area contributed by atoms with Crippen LogP contribution in [0.5, 0.6) is 0 Å². The van der Waals surface area contributed by atoms with Crippen LogP contribution in [0.2, 0.25) is 0 Å². The molecule has 0 aliphatic carbocycles. The van der Waals surface area contributed by atoms with E-state index in [0.29, 0.717) is 0 Å². The van der Waals surface area contributed by atoms with Gasteiger partial charge in [0.2, 0.25) is 0 Å². The predicted octanol–water partition coefficient (Wildman–Crippen LogP) is 2.12. The standard InChI is InChI=1S/C10H4N4S/c11-5-7(6-12)4-8-2-1-3-9-10(8)14-15-13-9/h1-4H. The van der Waals surface area contributed by atoms with Crippen molar-refractivity contribution in [3.05, 3.63) is 29.3 Å². The van der Waals surface area contributed by atoms with Crippen LogP contribution in [0.3, 0.4) is 0 Å². The molecule has 0 aliphatic heterocycles. The van der Waals surface area contributed by atoms with Gasteiger partial charge in [-0.25, -0.2) is 0 Å². The second-order valence-corrected chi connectivity index (χ2v) is 3.29. The van der Waals surface area contributed by atoms with Crippen LogP contribution in [0.4, 0.5) is 0 Å². The third-order valence-electron chi connectivity index (χ3n) is 1.86. The number of nitriles is 2. The number of benzene rings is 1. The Morgan fingerprint density at radius 1 is 1.27 bits per heavy atom. The van der Waals surface area contributed by atoms with Crippen molar-refractivity contribution in [3.63, 3.8) is 0 Å². The van der Waals surface area contributed by atoms with Gasteiger partial charge in [-0.2, -0.15) is 19.3 Å². The first-order chi connectivity index (χ1) is 7.35. The number of rotatable bonds is 1. The van der Waals surface area contributed by atoms with Gasteiger partial charge in [0.15, 0.2) is 0 Å². The van der Waals surface area contributed by atoms with E-state index in [1.165, 1.54) is 6.08 Å². The largest absolute Gasteiger partial charge is 0.192 e. The topological polar surface area (TPSA) is 73.4 Å². The lowest BCUT2D eigenvalue weighted by Gasteiger charge is -1.92.